The summed E-state index contributed by atoms with van der Waals surface area (Å²) in [5.74, 6) is -0.459. The monoisotopic (exact) mass is 406 g/mol. The molecule has 28 heavy (non-hydrogen) atoms. The molecule has 0 heterocycles. The molecule has 0 spiro atoms. The molecule has 2 aromatic carbocycles. The van der Waals surface area contributed by atoms with Gasteiger partial charge in [-0.2, -0.15) is 0 Å². The van der Waals surface area contributed by atoms with E-state index >= 15 is 0 Å². The highest BCUT2D eigenvalue weighted by molar-refractivity contribution is 6.30. The minimum atomic E-state index is -0.628. The van der Waals surface area contributed by atoms with Gasteiger partial charge in [0.2, 0.25) is 0 Å². The highest BCUT2D eigenvalue weighted by atomic mass is 35.5. The summed E-state index contributed by atoms with van der Waals surface area (Å²) in [4.78, 5) is 23.9. The number of methoxy groups -OCH3 is 1. The van der Waals surface area contributed by atoms with E-state index in [0.29, 0.717) is 30.0 Å². The SMILES string of the molecule is C=C(CCNC(=O)c1ccc(OC)cc1)NC(=O)COc1ccc(Cl)c(F)c1. The Labute approximate surface area is 167 Å². The Balaban J connectivity index is 1.68. The van der Waals surface area contributed by atoms with Crippen molar-refractivity contribution in [3.05, 3.63) is 71.1 Å². The molecule has 0 unspecified atom stereocenters. The highest BCUT2D eigenvalue weighted by Gasteiger charge is 2.08. The number of amides is 2. The molecule has 0 bridgehead atoms. The van der Waals surface area contributed by atoms with Crippen molar-refractivity contribution in [1.29, 1.82) is 0 Å². The van der Waals surface area contributed by atoms with Crippen LogP contribution in [-0.2, 0) is 4.79 Å². The van der Waals surface area contributed by atoms with Gasteiger partial charge in [-0.3, -0.25) is 9.59 Å². The summed E-state index contributed by atoms with van der Waals surface area (Å²) in [5, 5.41) is 5.27. The second kappa shape index (κ2) is 10.3. The third-order valence-corrected chi connectivity index (χ3v) is 3.95. The molecule has 6 nitrogen and oxygen atoms in total. The molecule has 0 aliphatic carbocycles. The summed E-state index contributed by atoms with van der Waals surface area (Å²) in [6.45, 7) is 3.73. The summed E-state index contributed by atoms with van der Waals surface area (Å²) in [6, 6.07) is 10.6. The Morgan fingerprint density at radius 3 is 2.46 bits per heavy atom. The number of hydrogen-bond acceptors (Lipinski definition) is 4. The third-order valence-electron chi connectivity index (χ3n) is 3.64. The van der Waals surface area contributed by atoms with Crippen molar-refractivity contribution >= 4 is 23.4 Å². The van der Waals surface area contributed by atoms with Gasteiger partial charge in [0, 0.05) is 30.3 Å². The first-order valence-corrected chi connectivity index (χ1v) is 8.74. The number of benzene rings is 2. The average Bonchev–Trinajstić information content (AvgIpc) is 2.68. The Bertz CT molecular complexity index is 856. The van der Waals surface area contributed by atoms with E-state index in [1.165, 1.54) is 12.1 Å². The Kier molecular flexibility index (Phi) is 7.83. The van der Waals surface area contributed by atoms with Crippen LogP contribution in [0.1, 0.15) is 16.8 Å². The summed E-state index contributed by atoms with van der Waals surface area (Å²) in [6.07, 6.45) is 0.350. The predicted octanol–water partition coefficient (Wildman–Crippen LogP) is 3.32. The van der Waals surface area contributed by atoms with Crippen molar-refractivity contribution in [3.8, 4) is 11.5 Å². The largest absolute Gasteiger partial charge is 0.497 e. The van der Waals surface area contributed by atoms with Gasteiger partial charge in [-0.05, 0) is 36.4 Å². The lowest BCUT2D eigenvalue weighted by atomic mass is 10.2. The molecule has 2 amide bonds. The van der Waals surface area contributed by atoms with E-state index in [0.717, 1.165) is 6.07 Å². The van der Waals surface area contributed by atoms with Crippen LogP contribution in [0.2, 0.25) is 5.02 Å². The molecule has 2 rings (SSSR count). The van der Waals surface area contributed by atoms with Crippen LogP contribution in [-0.4, -0.2) is 32.1 Å². The van der Waals surface area contributed by atoms with Gasteiger partial charge in [0.15, 0.2) is 6.61 Å². The Morgan fingerprint density at radius 1 is 1.14 bits per heavy atom. The van der Waals surface area contributed by atoms with Gasteiger partial charge >= 0.3 is 0 Å². The van der Waals surface area contributed by atoms with E-state index < -0.39 is 11.7 Å². The maximum absolute atomic E-state index is 13.3. The third kappa shape index (κ3) is 6.59. The molecule has 148 valence electrons. The lowest BCUT2D eigenvalue weighted by Gasteiger charge is -2.11. The van der Waals surface area contributed by atoms with Crippen molar-refractivity contribution in [2.24, 2.45) is 0 Å². The van der Waals surface area contributed by atoms with Crippen LogP contribution in [0.5, 0.6) is 11.5 Å². The molecular formula is C20H20ClFN2O4. The number of hydrogen-bond donors (Lipinski definition) is 2. The van der Waals surface area contributed by atoms with Crippen molar-refractivity contribution in [2.75, 3.05) is 20.3 Å². The van der Waals surface area contributed by atoms with Crippen molar-refractivity contribution < 1.29 is 23.5 Å². The lowest BCUT2D eigenvalue weighted by molar-refractivity contribution is -0.122. The first-order valence-electron chi connectivity index (χ1n) is 8.36. The maximum atomic E-state index is 13.3. The first kappa shape index (κ1) is 21.2. The molecule has 0 atom stereocenters. The summed E-state index contributed by atoms with van der Waals surface area (Å²) in [5.41, 5.74) is 0.921. The molecule has 8 heteroatoms. The molecule has 0 saturated carbocycles. The zero-order chi connectivity index (χ0) is 20.5. The van der Waals surface area contributed by atoms with E-state index in [-0.39, 0.29) is 23.3 Å². The van der Waals surface area contributed by atoms with Crippen LogP contribution in [0, 0.1) is 5.82 Å². The number of rotatable bonds is 9. The molecule has 0 radical (unpaired) electrons. The zero-order valence-corrected chi connectivity index (χ0v) is 16.0. The van der Waals surface area contributed by atoms with Gasteiger partial charge in [-0.1, -0.05) is 18.2 Å². The Morgan fingerprint density at radius 2 is 1.82 bits per heavy atom. The van der Waals surface area contributed by atoms with E-state index in [9.17, 15) is 14.0 Å². The standard InChI is InChI=1S/C20H20ClFN2O4/c1-13(9-10-23-20(26)14-3-5-15(27-2)6-4-14)24-19(25)12-28-16-7-8-17(21)18(22)11-16/h3-8,11H,1,9-10,12H2,2H3,(H,23,26)(H,24,25). The Hall–Kier alpha value is -3.06. The number of nitrogens with one attached hydrogen (secondary N) is 2. The molecule has 2 aromatic rings. The molecule has 0 aliphatic rings. The highest BCUT2D eigenvalue weighted by Crippen LogP contribution is 2.20. The van der Waals surface area contributed by atoms with Gasteiger partial charge in [0.25, 0.3) is 11.8 Å². The molecule has 0 fully saturated rings. The summed E-state index contributed by atoms with van der Waals surface area (Å²) >= 11 is 5.58. The van der Waals surface area contributed by atoms with Gasteiger partial charge in [-0.15, -0.1) is 0 Å². The molecule has 0 aliphatic heterocycles. The van der Waals surface area contributed by atoms with Crippen LogP contribution < -0.4 is 20.1 Å². The van der Waals surface area contributed by atoms with Crippen molar-refractivity contribution in [1.82, 2.24) is 10.6 Å². The van der Waals surface area contributed by atoms with Crippen molar-refractivity contribution in [2.45, 2.75) is 6.42 Å². The van der Waals surface area contributed by atoms with Crippen LogP contribution in [0.4, 0.5) is 4.39 Å². The van der Waals surface area contributed by atoms with E-state index in [4.69, 9.17) is 21.1 Å². The van der Waals surface area contributed by atoms with Crippen LogP contribution >= 0.6 is 11.6 Å². The normalized spacial score (nSPS) is 10.1. The second-order valence-electron chi connectivity index (χ2n) is 5.75. The molecule has 0 saturated heterocycles. The molecule has 2 N–H and O–H groups in total. The van der Waals surface area contributed by atoms with E-state index in [1.54, 1.807) is 31.4 Å². The smallest absolute Gasteiger partial charge is 0.262 e. The van der Waals surface area contributed by atoms with Crippen LogP contribution in [0.15, 0.2) is 54.7 Å². The van der Waals surface area contributed by atoms with Gasteiger partial charge < -0.3 is 20.1 Å². The van der Waals surface area contributed by atoms with Crippen molar-refractivity contribution in [3.63, 3.8) is 0 Å². The predicted molar refractivity (Wildman–Crippen MR) is 104 cm³/mol. The average molecular weight is 407 g/mol. The summed E-state index contributed by atoms with van der Waals surface area (Å²) in [7, 11) is 1.55. The lowest BCUT2D eigenvalue weighted by Crippen LogP contribution is -2.30. The number of carbonyl (C=O) groups excluding carboxylic acids is 2. The zero-order valence-electron chi connectivity index (χ0n) is 15.3. The number of halogens is 2. The minimum absolute atomic E-state index is 0.0260. The fourth-order valence-electron chi connectivity index (χ4n) is 2.18. The number of ether oxygens (including phenoxy) is 2. The maximum Gasteiger partial charge on any atom is 0.262 e. The van der Waals surface area contributed by atoms with E-state index in [1.807, 2.05) is 0 Å². The quantitative estimate of drug-likeness (QED) is 0.669. The summed E-state index contributed by atoms with van der Waals surface area (Å²) < 4.78 is 23.5. The fraction of sp³-hybridized carbons (Fsp3) is 0.200. The van der Waals surface area contributed by atoms with Gasteiger partial charge in [0.05, 0.1) is 12.1 Å². The fourth-order valence-corrected chi connectivity index (χ4v) is 2.30. The second-order valence-corrected chi connectivity index (χ2v) is 6.16. The topological polar surface area (TPSA) is 76.7 Å². The van der Waals surface area contributed by atoms with E-state index in [2.05, 4.69) is 17.2 Å². The van der Waals surface area contributed by atoms with Crippen LogP contribution in [0.3, 0.4) is 0 Å². The van der Waals surface area contributed by atoms with Gasteiger partial charge in [0.1, 0.15) is 17.3 Å². The molecule has 0 aromatic heterocycles. The number of carbonyl (C=O) groups is 2. The van der Waals surface area contributed by atoms with Gasteiger partial charge in [-0.25, -0.2) is 4.39 Å². The van der Waals surface area contributed by atoms with Crippen LogP contribution in [0.25, 0.3) is 0 Å². The molecular weight excluding hydrogens is 387 g/mol. The first-order chi connectivity index (χ1) is 13.4. The minimum Gasteiger partial charge on any atom is -0.497 e.